The highest BCUT2D eigenvalue weighted by Crippen LogP contribution is 2.19. The van der Waals surface area contributed by atoms with Crippen LogP contribution in [0.5, 0.6) is 0 Å². The average Bonchev–Trinajstić information content (AvgIpc) is 2.83. The van der Waals surface area contributed by atoms with Gasteiger partial charge in [-0.25, -0.2) is 4.63 Å². The van der Waals surface area contributed by atoms with Gasteiger partial charge in [0.25, 0.3) is 5.89 Å². The molecule has 0 unspecified atom stereocenters. The van der Waals surface area contributed by atoms with Crippen molar-refractivity contribution in [3.8, 4) is 11.6 Å². The molecule has 0 fully saturated rings. The zero-order chi connectivity index (χ0) is 10.7. The number of rotatable bonds is 4. The normalized spacial score (nSPS) is 10.7. The number of aromatic nitrogens is 4. The van der Waals surface area contributed by atoms with Crippen molar-refractivity contribution < 1.29 is 9.15 Å². The minimum absolute atomic E-state index is 0.153. The van der Waals surface area contributed by atoms with Gasteiger partial charge in [0.1, 0.15) is 0 Å². The van der Waals surface area contributed by atoms with E-state index in [0.29, 0.717) is 11.5 Å². The summed E-state index contributed by atoms with van der Waals surface area (Å²) in [4.78, 5) is 4.13. The van der Waals surface area contributed by atoms with Gasteiger partial charge in [0.15, 0.2) is 5.82 Å². The number of nitrogen functional groups attached to an aromatic ring is 1. The third-order valence-electron chi connectivity index (χ3n) is 1.94. The monoisotopic (exact) mass is 209 g/mol. The SMILES string of the molecule is CCCCc1noc(-c2nonc2N)n1. The third kappa shape index (κ3) is 1.95. The maximum absolute atomic E-state index is 5.49. The molecule has 2 heterocycles. The summed E-state index contributed by atoms with van der Waals surface area (Å²) in [5.74, 6) is 1.05. The van der Waals surface area contributed by atoms with Gasteiger partial charge in [-0.15, -0.1) is 0 Å². The highest BCUT2D eigenvalue weighted by molar-refractivity contribution is 5.60. The van der Waals surface area contributed by atoms with E-state index in [1.807, 2.05) is 0 Å². The summed E-state index contributed by atoms with van der Waals surface area (Å²) in [7, 11) is 0. The molecule has 2 aromatic rings. The van der Waals surface area contributed by atoms with Crippen molar-refractivity contribution >= 4 is 5.82 Å². The topological polar surface area (TPSA) is 104 Å². The lowest BCUT2D eigenvalue weighted by atomic mass is 10.2. The lowest BCUT2D eigenvalue weighted by Gasteiger charge is -1.87. The molecule has 0 saturated carbocycles. The van der Waals surface area contributed by atoms with Crippen molar-refractivity contribution in [1.82, 2.24) is 20.5 Å². The van der Waals surface area contributed by atoms with Crippen molar-refractivity contribution in [3.05, 3.63) is 5.82 Å². The van der Waals surface area contributed by atoms with Gasteiger partial charge in [0.2, 0.25) is 11.5 Å². The molecule has 0 aromatic carbocycles. The van der Waals surface area contributed by atoms with Crippen LogP contribution in [0.3, 0.4) is 0 Å². The van der Waals surface area contributed by atoms with Crippen LogP contribution in [0.25, 0.3) is 11.6 Å². The fourth-order valence-corrected chi connectivity index (χ4v) is 1.13. The zero-order valence-corrected chi connectivity index (χ0v) is 8.30. The van der Waals surface area contributed by atoms with Gasteiger partial charge in [0, 0.05) is 6.42 Å². The van der Waals surface area contributed by atoms with E-state index in [-0.39, 0.29) is 11.7 Å². The molecule has 2 rings (SSSR count). The standard InChI is InChI=1S/C8H11N5O2/c1-2-3-4-5-10-8(14-11-5)6-7(9)13-15-12-6/h2-4H2,1H3,(H2,9,13). The quantitative estimate of drug-likeness (QED) is 0.802. The Labute approximate surface area is 85.6 Å². The van der Waals surface area contributed by atoms with Gasteiger partial charge in [-0.2, -0.15) is 4.98 Å². The van der Waals surface area contributed by atoms with Crippen LogP contribution in [0.15, 0.2) is 9.15 Å². The number of unbranched alkanes of at least 4 members (excludes halogenated alkanes) is 1. The molecule has 0 bridgehead atoms. The minimum atomic E-state index is 0.153. The molecular weight excluding hydrogens is 198 g/mol. The highest BCUT2D eigenvalue weighted by atomic mass is 16.6. The lowest BCUT2D eigenvalue weighted by Crippen LogP contribution is -1.90. The first-order chi connectivity index (χ1) is 7.31. The van der Waals surface area contributed by atoms with E-state index < -0.39 is 0 Å². The van der Waals surface area contributed by atoms with Crippen LogP contribution in [0.1, 0.15) is 25.6 Å². The predicted octanol–water partition coefficient (Wildman–Crippen LogP) is 1.04. The Morgan fingerprint density at radius 3 is 2.80 bits per heavy atom. The van der Waals surface area contributed by atoms with E-state index >= 15 is 0 Å². The first kappa shape index (κ1) is 9.63. The number of anilines is 1. The molecule has 2 aromatic heterocycles. The summed E-state index contributed by atoms with van der Waals surface area (Å²) in [5.41, 5.74) is 5.78. The van der Waals surface area contributed by atoms with Crippen LogP contribution in [0.2, 0.25) is 0 Å². The molecule has 0 amide bonds. The molecule has 15 heavy (non-hydrogen) atoms. The molecule has 0 atom stereocenters. The van der Waals surface area contributed by atoms with E-state index in [0.717, 1.165) is 19.3 Å². The van der Waals surface area contributed by atoms with Gasteiger partial charge in [-0.1, -0.05) is 18.5 Å². The second-order valence-corrected chi connectivity index (χ2v) is 3.12. The Kier molecular flexibility index (Phi) is 2.61. The van der Waals surface area contributed by atoms with Gasteiger partial charge < -0.3 is 10.3 Å². The van der Waals surface area contributed by atoms with Crippen molar-refractivity contribution in [3.63, 3.8) is 0 Å². The van der Waals surface area contributed by atoms with Crippen molar-refractivity contribution in [1.29, 1.82) is 0 Å². The van der Waals surface area contributed by atoms with E-state index in [1.165, 1.54) is 0 Å². The van der Waals surface area contributed by atoms with Crippen LogP contribution in [-0.4, -0.2) is 20.5 Å². The highest BCUT2D eigenvalue weighted by Gasteiger charge is 2.16. The Balaban J connectivity index is 2.17. The fourth-order valence-electron chi connectivity index (χ4n) is 1.13. The zero-order valence-electron chi connectivity index (χ0n) is 8.30. The molecule has 0 aliphatic heterocycles. The van der Waals surface area contributed by atoms with Gasteiger partial charge in [0.05, 0.1) is 0 Å². The number of hydrogen-bond acceptors (Lipinski definition) is 7. The summed E-state index contributed by atoms with van der Waals surface area (Å²) < 4.78 is 9.42. The number of hydrogen-bond donors (Lipinski definition) is 1. The van der Waals surface area contributed by atoms with E-state index in [4.69, 9.17) is 10.3 Å². The molecule has 0 spiro atoms. The van der Waals surface area contributed by atoms with E-state index in [9.17, 15) is 0 Å². The molecule has 0 radical (unpaired) electrons. The number of nitrogens with two attached hydrogens (primary N) is 1. The second kappa shape index (κ2) is 4.07. The molecule has 0 aliphatic carbocycles. The van der Waals surface area contributed by atoms with Gasteiger partial charge >= 0.3 is 0 Å². The molecule has 0 aliphatic rings. The molecule has 0 saturated heterocycles. The summed E-state index contributed by atoms with van der Waals surface area (Å²) in [6.45, 7) is 2.10. The Morgan fingerprint density at radius 1 is 1.27 bits per heavy atom. The lowest BCUT2D eigenvalue weighted by molar-refractivity contribution is 0.308. The molecule has 80 valence electrons. The minimum Gasteiger partial charge on any atom is -0.379 e. The van der Waals surface area contributed by atoms with Crippen molar-refractivity contribution in [2.24, 2.45) is 0 Å². The Bertz CT molecular complexity index is 436. The van der Waals surface area contributed by atoms with Gasteiger partial charge in [-0.3, -0.25) is 0 Å². The Morgan fingerprint density at radius 2 is 2.13 bits per heavy atom. The molecule has 7 nitrogen and oxygen atoms in total. The summed E-state index contributed by atoms with van der Waals surface area (Å²) in [6, 6.07) is 0. The first-order valence-corrected chi connectivity index (χ1v) is 4.72. The van der Waals surface area contributed by atoms with Crippen LogP contribution >= 0.6 is 0 Å². The van der Waals surface area contributed by atoms with Crippen LogP contribution in [-0.2, 0) is 6.42 Å². The second-order valence-electron chi connectivity index (χ2n) is 3.12. The molecule has 7 heteroatoms. The summed E-state index contributed by atoms with van der Waals surface area (Å²) >= 11 is 0. The molecular formula is C8H11N5O2. The van der Waals surface area contributed by atoms with Crippen LogP contribution in [0, 0.1) is 0 Å². The smallest absolute Gasteiger partial charge is 0.284 e. The third-order valence-corrected chi connectivity index (χ3v) is 1.94. The van der Waals surface area contributed by atoms with Crippen molar-refractivity contribution in [2.45, 2.75) is 26.2 Å². The Hall–Kier alpha value is -1.92. The number of aryl methyl sites for hydroxylation is 1. The summed E-state index contributed by atoms with van der Waals surface area (Å²) in [5, 5.41) is 10.8. The largest absolute Gasteiger partial charge is 0.379 e. The predicted molar refractivity (Wildman–Crippen MR) is 50.6 cm³/mol. The van der Waals surface area contributed by atoms with E-state index in [2.05, 4.69) is 32.0 Å². The summed E-state index contributed by atoms with van der Waals surface area (Å²) in [6.07, 6.45) is 2.88. The molecule has 2 N–H and O–H groups in total. The van der Waals surface area contributed by atoms with Gasteiger partial charge in [-0.05, 0) is 16.7 Å². The average molecular weight is 209 g/mol. The van der Waals surface area contributed by atoms with E-state index in [1.54, 1.807) is 0 Å². The number of nitrogens with zero attached hydrogens (tertiary/aromatic N) is 4. The van der Waals surface area contributed by atoms with Crippen molar-refractivity contribution in [2.75, 3.05) is 5.73 Å². The maximum atomic E-state index is 5.49. The fraction of sp³-hybridized carbons (Fsp3) is 0.500. The van der Waals surface area contributed by atoms with Crippen LogP contribution in [0.4, 0.5) is 5.82 Å². The first-order valence-electron chi connectivity index (χ1n) is 4.72. The maximum Gasteiger partial charge on any atom is 0.284 e. The van der Waals surface area contributed by atoms with Crippen LogP contribution < -0.4 is 5.73 Å².